The molecule has 62 valence electrons. The zero-order chi connectivity index (χ0) is 7.82. The highest BCUT2D eigenvalue weighted by atomic mass is 15.1. The van der Waals surface area contributed by atoms with Gasteiger partial charge in [0.15, 0.2) is 0 Å². The van der Waals surface area contributed by atoms with Gasteiger partial charge in [-0.25, -0.2) is 0 Å². The monoisotopic (exact) mass is 145 g/mol. The van der Waals surface area contributed by atoms with E-state index in [1.165, 1.54) is 0 Å². The fourth-order valence-corrected chi connectivity index (χ4v) is 0.881. The van der Waals surface area contributed by atoms with E-state index in [0.29, 0.717) is 0 Å². The number of nitrogens with zero attached hydrogens (tertiary/aromatic N) is 1. The molecule has 3 N–H and O–H groups in total. The maximum atomic E-state index is 5.41. The quantitative estimate of drug-likeness (QED) is 0.529. The summed E-state index contributed by atoms with van der Waals surface area (Å²) in [6, 6.07) is 0. The first kappa shape index (κ1) is 9.88. The van der Waals surface area contributed by atoms with Crippen LogP contribution in [0, 0.1) is 0 Å². The second-order valence-corrected chi connectivity index (χ2v) is 2.33. The summed E-state index contributed by atoms with van der Waals surface area (Å²) in [4.78, 5) is 2.33. The Balaban J connectivity index is 3.21. The van der Waals surface area contributed by atoms with Crippen molar-refractivity contribution in [3.05, 3.63) is 0 Å². The molecule has 0 aliphatic rings. The maximum absolute atomic E-state index is 5.41. The Kier molecular flexibility index (Phi) is 6.91. The Morgan fingerprint density at radius 2 is 2.10 bits per heavy atom. The Morgan fingerprint density at radius 1 is 1.40 bits per heavy atom. The third-order valence-electron chi connectivity index (χ3n) is 1.57. The highest BCUT2D eigenvalue weighted by Gasteiger charge is 1.97. The van der Waals surface area contributed by atoms with Gasteiger partial charge in [-0.1, -0.05) is 6.92 Å². The van der Waals surface area contributed by atoms with E-state index in [1.54, 1.807) is 0 Å². The Bertz CT molecular complexity index is 65.9. The number of likely N-dealkylation sites (N-methyl/N-ethyl adjacent to an activating group) is 2. The van der Waals surface area contributed by atoms with Gasteiger partial charge in [0.2, 0.25) is 0 Å². The highest BCUT2D eigenvalue weighted by molar-refractivity contribution is 4.56. The summed E-state index contributed by atoms with van der Waals surface area (Å²) in [6.07, 6.45) is 0. The van der Waals surface area contributed by atoms with Gasteiger partial charge in [0.1, 0.15) is 0 Å². The fraction of sp³-hybridized carbons (Fsp3) is 1.00. The molecule has 0 aliphatic heterocycles. The van der Waals surface area contributed by atoms with Crippen molar-refractivity contribution in [2.75, 3.05) is 39.8 Å². The van der Waals surface area contributed by atoms with Gasteiger partial charge >= 0.3 is 0 Å². The van der Waals surface area contributed by atoms with Crippen LogP contribution < -0.4 is 11.1 Å². The third-order valence-corrected chi connectivity index (χ3v) is 1.57. The highest BCUT2D eigenvalue weighted by Crippen LogP contribution is 1.82. The van der Waals surface area contributed by atoms with Crippen molar-refractivity contribution in [2.24, 2.45) is 5.73 Å². The summed E-state index contributed by atoms with van der Waals surface area (Å²) in [5.74, 6) is 0. The molecule has 0 atom stereocenters. The Labute approximate surface area is 63.6 Å². The molecule has 0 radical (unpaired) electrons. The molecule has 0 fully saturated rings. The van der Waals surface area contributed by atoms with Gasteiger partial charge in [-0.3, -0.25) is 0 Å². The molecule has 10 heavy (non-hydrogen) atoms. The van der Waals surface area contributed by atoms with Gasteiger partial charge in [-0.15, -0.1) is 0 Å². The van der Waals surface area contributed by atoms with Gasteiger partial charge in [-0.2, -0.15) is 0 Å². The summed E-state index contributed by atoms with van der Waals surface area (Å²) in [5, 5.41) is 3.11. The molecule has 0 aromatic heterocycles. The second-order valence-electron chi connectivity index (χ2n) is 2.33. The first-order valence-corrected chi connectivity index (χ1v) is 3.92. The topological polar surface area (TPSA) is 41.3 Å². The van der Waals surface area contributed by atoms with E-state index in [1.807, 2.05) is 7.05 Å². The SMILES string of the molecule is CCN(CCN)CCNC. The molecule has 3 nitrogen and oxygen atoms in total. The van der Waals surface area contributed by atoms with Crippen LogP contribution in [-0.4, -0.2) is 44.7 Å². The molecule has 0 rings (SSSR count). The Hall–Kier alpha value is -0.120. The predicted octanol–water partition coefficient (Wildman–Crippen LogP) is -0.514. The fourth-order valence-electron chi connectivity index (χ4n) is 0.881. The van der Waals surface area contributed by atoms with Crippen molar-refractivity contribution in [1.29, 1.82) is 0 Å². The summed E-state index contributed by atoms with van der Waals surface area (Å²) in [7, 11) is 1.97. The summed E-state index contributed by atoms with van der Waals surface area (Å²) >= 11 is 0. The lowest BCUT2D eigenvalue weighted by atomic mass is 10.4. The van der Waals surface area contributed by atoms with Crippen LogP contribution in [0.1, 0.15) is 6.92 Å². The van der Waals surface area contributed by atoms with Crippen LogP contribution >= 0.6 is 0 Å². The van der Waals surface area contributed by atoms with Crippen LogP contribution in [0.2, 0.25) is 0 Å². The third kappa shape index (κ3) is 4.73. The van der Waals surface area contributed by atoms with Gasteiger partial charge in [0, 0.05) is 26.2 Å². The normalized spacial score (nSPS) is 10.8. The van der Waals surface area contributed by atoms with E-state index >= 15 is 0 Å². The zero-order valence-electron chi connectivity index (χ0n) is 7.06. The molecule has 0 aromatic rings. The average molecular weight is 145 g/mol. The van der Waals surface area contributed by atoms with Gasteiger partial charge in [0.05, 0.1) is 0 Å². The van der Waals surface area contributed by atoms with E-state index in [2.05, 4.69) is 17.1 Å². The van der Waals surface area contributed by atoms with Crippen molar-refractivity contribution in [2.45, 2.75) is 6.92 Å². The summed E-state index contributed by atoms with van der Waals surface area (Å²) in [5.41, 5.74) is 5.41. The first-order valence-electron chi connectivity index (χ1n) is 3.92. The van der Waals surface area contributed by atoms with Gasteiger partial charge in [-0.05, 0) is 13.6 Å². The number of hydrogen-bond acceptors (Lipinski definition) is 3. The number of nitrogens with two attached hydrogens (primary N) is 1. The van der Waals surface area contributed by atoms with Crippen LogP contribution in [0.4, 0.5) is 0 Å². The van der Waals surface area contributed by atoms with Gasteiger partial charge < -0.3 is 16.0 Å². The second kappa shape index (κ2) is 6.99. The molecule has 0 saturated heterocycles. The van der Waals surface area contributed by atoms with Crippen molar-refractivity contribution in [1.82, 2.24) is 10.2 Å². The lowest BCUT2D eigenvalue weighted by Crippen LogP contribution is -2.34. The molecule has 0 amide bonds. The standard InChI is InChI=1S/C7H19N3/c1-3-10(6-4-8)7-5-9-2/h9H,3-8H2,1-2H3. The summed E-state index contributed by atoms with van der Waals surface area (Å²) in [6.45, 7) is 7.18. The smallest absolute Gasteiger partial charge is 0.0107 e. The molecule has 0 saturated carbocycles. The molecule has 0 unspecified atom stereocenters. The Morgan fingerprint density at radius 3 is 2.50 bits per heavy atom. The van der Waals surface area contributed by atoms with Crippen LogP contribution in [0.3, 0.4) is 0 Å². The molecule has 0 aromatic carbocycles. The van der Waals surface area contributed by atoms with E-state index < -0.39 is 0 Å². The van der Waals surface area contributed by atoms with Crippen molar-refractivity contribution < 1.29 is 0 Å². The molecular formula is C7H19N3. The molecule has 0 spiro atoms. The molecule has 0 bridgehead atoms. The van der Waals surface area contributed by atoms with E-state index in [0.717, 1.165) is 32.7 Å². The number of rotatable bonds is 6. The lowest BCUT2D eigenvalue weighted by molar-refractivity contribution is 0.298. The molecule has 0 heterocycles. The predicted molar refractivity (Wildman–Crippen MR) is 45.1 cm³/mol. The minimum atomic E-state index is 0.761. The largest absolute Gasteiger partial charge is 0.329 e. The zero-order valence-corrected chi connectivity index (χ0v) is 7.06. The van der Waals surface area contributed by atoms with Crippen molar-refractivity contribution in [3.63, 3.8) is 0 Å². The van der Waals surface area contributed by atoms with Crippen molar-refractivity contribution >= 4 is 0 Å². The molecular weight excluding hydrogens is 126 g/mol. The summed E-state index contributed by atoms with van der Waals surface area (Å²) < 4.78 is 0. The minimum Gasteiger partial charge on any atom is -0.329 e. The average Bonchev–Trinajstić information content (AvgIpc) is 1.98. The van der Waals surface area contributed by atoms with E-state index in [9.17, 15) is 0 Å². The molecule has 0 aliphatic carbocycles. The van der Waals surface area contributed by atoms with Crippen LogP contribution in [-0.2, 0) is 0 Å². The van der Waals surface area contributed by atoms with Crippen molar-refractivity contribution in [3.8, 4) is 0 Å². The lowest BCUT2D eigenvalue weighted by Gasteiger charge is -2.18. The molecule has 3 heteroatoms. The van der Waals surface area contributed by atoms with Crippen LogP contribution in [0.5, 0.6) is 0 Å². The van der Waals surface area contributed by atoms with Crippen LogP contribution in [0.15, 0.2) is 0 Å². The van der Waals surface area contributed by atoms with Crippen LogP contribution in [0.25, 0.3) is 0 Å². The maximum Gasteiger partial charge on any atom is 0.0107 e. The number of hydrogen-bond donors (Lipinski definition) is 2. The van der Waals surface area contributed by atoms with E-state index in [4.69, 9.17) is 5.73 Å². The first-order chi connectivity index (χ1) is 4.85. The minimum absolute atomic E-state index is 0.761. The van der Waals surface area contributed by atoms with E-state index in [-0.39, 0.29) is 0 Å². The van der Waals surface area contributed by atoms with Gasteiger partial charge in [0.25, 0.3) is 0 Å². The number of nitrogens with one attached hydrogen (secondary N) is 1.